The number of benzene rings is 1. The van der Waals surface area contributed by atoms with Crippen LogP contribution in [0.1, 0.15) is 5.56 Å². The molecular formula is C11H10FN3S. The number of hydrogen-bond donors (Lipinski definition) is 3. The van der Waals surface area contributed by atoms with E-state index in [2.05, 4.69) is 34.6 Å². The summed E-state index contributed by atoms with van der Waals surface area (Å²) < 4.78 is 12.7. The molecule has 0 saturated heterocycles. The second kappa shape index (κ2) is 5.14. The fraction of sp³-hybridized carbons (Fsp3) is 0. The Kier molecular flexibility index (Phi) is 3.86. The Morgan fingerprint density at radius 1 is 1.44 bits per heavy atom. The van der Waals surface area contributed by atoms with Crippen molar-refractivity contribution in [2.45, 2.75) is 0 Å². The molecule has 0 amide bonds. The topological polar surface area (TPSA) is 67.8 Å². The Bertz CT molecular complexity index is 550. The van der Waals surface area contributed by atoms with Crippen molar-refractivity contribution in [3.63, 3.8) is 0 Å². The molecule has 0 fully saturated rings. The van der Waals surface area contributed by atoms with E-state index < -0.39 is 0 Å². The van der Waals surface area contributed by atoms with Crippen LogP contribution in [0.2, 0.25) is 0 Å². The first kappa shape index (κ1) is 12.0. The van der Waals surface area contributed by atoms with Gasteiger partial charge in [-0.1, -0.05) is 5.92 Å². The van der Waals surface area contributed by atoms with Crippen molar-refractivity contribution in [1.29, 1.82) is 0 Å². The fourth-order valence-corrected chi connectivity index (χ4v) is 1.22. The summed E-state index contributed by atoms with van der Waals surface area (Å²) in [6.07, 6.45) is 6.93. The van der Waals surface area contributed by atoms with Crippen molar-refractivity contribution in [1.82, 2.24) is 4.98 Å². The molecule has 2 aromatic rings. The lowest BCUT2D eigenvalue weighted by atomic mass is 10.2. The first-order chi connectivity index (χ1) is 7.54. The summed E-state index contributed by atoms with van der Waals surface area (Å²) in [5.41, 5.74) is 10.7. The Labute approximate surface area is 97.6 Å². The van der Waals surface area contributed by atoms with Gasteiger partial charge in [0.1, 0.15) is 5.82 Å². The largest absolute Gasteiger partial charge is 0.377 e. The molecule has 0 atom stereocenters. The number of aromatic nitrogens is 1. The van der Waals surface area contributed by atoms with E-state index in [1.165, 1.54) is 12.1 Å². The van der Waals surface area contributed by atoms with E-state index in [1.54, 1.807) is 12.3 Å². The SMILES string of the molecule is C#Cc1c[nH]c2cc(F)ccc12.NC(N)=S. The van der Waals surface area contributed by atoms with E-state index in [1.807, 2.05) is 0 Å². The van der Waals surface area contributed by atoms with E-state index in [0.29, 0.717) is 0 Å². The molecule has 0 aliphatic heterocycles. The Hall–Kier alpha value is -2.06. The normalized spacial score (nSPS) is 9.00. The lowest BCUT2D eigenvalue weighted by Gasteiger charge is -1.89. The number of nitrogens with one attached hydrogen (secondary N) is 1. The standard InChI is InChI=1S/C10H6FN.CH4N2S/c1-2-7-6-12-10-5-8(11)3-4-9(7)10;2-1(3)4/h1,3-6,12H;(H4,2,3,4). The van der Waals surface area contributed by atoms with Crippen LogP contribution in [0.4, 0.5) is 4.39 Å². The molecule has 0 saturated carbocycles. The number of fused-ring (bicyclic) bond motifs is 1. The average Bonchev–Trinajstić information content (AvgIpc) is 2.58. The highest BCUT2D eigenvalue weighted by Crippen LogP contribution is 2.17. The number of terminal acetylenes is 1. The second-order valence-corrected chi connectivity index (χ2v) is 3.41. The van der Waals surface area contributed by atoms with E-state index >= 15 is 0 Å². The molecule has 0 spiro atoms. The lowest BCUT2D eigenvalue weighted by molar-refractivity contribution is 0.629. The maximum atomic E-state index is 12.7. The van der Waals surface area contributed by atoms with Gasteiger partial charge in [-0.2, -0.15) is 0 Å². The number of thiocarbonyl (C=S) groups is 1. The third-order valence-corrected chi connectivity index (χ3v) is 1.80. The third kappa shape index (κ3) is 2.97. The van der Waals surface area contributed by atoms with E-state index in [9.17, 15) is 4.39 Å². The number of aromatic amines is 1. The molecule has 16 heavy (non-hydrogen) atoms. The van der Waals surface area contributed by atoms with Crippen LogP contribution >= 0.6 is 12.2 Å². The van der Waals surface area contributed by atoms with Gasteiger partial charge in [-0.05, 0) is 30.4 Å². The summed E-state index contributed by atoms with van der Waals surface area (Å²) in [6, 6.07) is 4.50. The van der Waals surface area contributed by atoms with Gasteiger partial charge in [0.05, 0.1) is 0 Å². The Balaban J connectivity index is 0.000000280. The molecule has 0 bridgehead atoms. The highest BCUT2D eigenvalue weighted by atomic mass is 32.1. The number of halogens is 1. The number of hydrogen-bond acceptors (Lipinski definition) is 1. The van der Waals surface area contributed by atoms with Crippen molar-refractivity contribution in [2.75, 3.05) is 0 Å². The van der Waals surface area contributed by atoms with E-state index in [4.69, 9.17) is 6.42 Å². The molecule has 1 aromatic heterocycles. The molecule has 0 unspecified atom stereocenters. The predicted octanol–water partition coefficient (Wildman–Crippen LogP) is 1.48. The van der Waals surface area contributed by atoms with E-state index in [0.717, 1.165) is 16.5 Å². The summed E-state index contributed by atoms with van der Waals surface area (Å²) in [4.78, 5) is 2.90. The van der Waals surface area contributed by atoms with E-state index in [-0.39, 0.29) is 10.9 Å². The molecule has 82 valence electrons. The zero-order valence-electron chi connectivity index (χ0n) is 8.33. The van der Waals surface area contributed by atoms with Crippen LogP contribution in [0.5, 0.6) is 0 Å². The molecule has 1 heterocycles. The van der Waals surface area contributed by atoms with Crippen molar-refractivity contribution < 1.29 is 4.39 Å². The molecule has 5 heteroatoms. The molecule has 5 N–H and O–H groups in total. The summed E-state index contributed by atoms with van der Waals surface area (Å²) in [5.74, 6) is 2.26. The molecule has 1 aromatic carbocycles. The summed E-state index contributed by atoms with van der Waals surface area (Å²) in [6.45, 7) is 0. The molecule has 0 radical (unpaired) electrons. The maximum Gasteiger partial charge on any atom is 0.160 e. The smallest absolute Gasteiger partial charge is 0.160 e. The van der Waals surface area contributed by atoms with Crippen LogP contribution < -0.4 is 11.5 Å². The van der Waals surface area contributed by atoms with Gasteiger partial charge in [0.15, 0.2) is 5.11 Å². The minimum absolute atomic E-state index is 0.000000000000000222. The quantitative estimate of drug-likeness (QED) is 0.478. The highest BCUT2D eigenvalue weighted by molar-refractivity contribution is 7.80. The summed E-state index contributed by atoms with van der Waals surface area (Å²) in [7, 11) is 0. The Morgan fingerprint density at radius 3 is 2.62 bits per heavy atom. The van der Waals surface area contributed by atoms with Gasteiger partial charge in [-0.25, -0.2) is 4.39 Å². The van der Waals surface area contributed by atoms with Crippen LogP contribution in [0, 0.1) is 18.2 Å². The zero-order chi connectivity index (χ0) is 12.1. The van der Waals surface area contributed by atoms with Crippen molar-refractivity contribution in [3.05, 3.63) is 35.8 Å². The van der Waals surface area contributed by atoms with Gasteiger partial charge >= 0.3 is 0 Å². The molecule has 2 rings (SSSR count). The molecular weight excluding hydrogens is 225 g/mol. The third-order valence-electron chi connectivity index (χ3n) is 1.80. The first-order valence-corrected chi connectivity index (χ1v) is 4.73. The highest BCUT2D eigenvalue weighted by Gasteiger charge is 2.00. The predicted molar refractivity (Wildman–Crippen MR) is 67.2 cm³/mol. The molecule has 0 aliphatic rings. The van der Waals surface area contributed by atoms with Crippen LogP contribution in [0.25, 0.3) is 10.9 Å². The van der Waals surface area contributed by atoms with Crippen LogP contribution in [-0.4, -0.2) is 10.1 Å². The van der Waals surface area contributed by atoms with Gasteiger partial charge in [0.25, 0.3) is 0 Å². The fourth-order valence-electron chi connectivity index (χ4n) is 1.22. The Morgan fingerprint density at radius 2 is 2.06 bits per heavy atom. The second-order valence-electron chi connectivity index (χ2n) is 2.94. The van der Waals surface area contributed by atoms with Crippen molar-refractivity contribution in [3.8, 4) is 12.3 Å². The summed E-state index contributed by atoms with van der Waals surface area (Å²) >= 11 is 4.09. The first-order valence-electron chi connectivity index (χ1n) is 4.32. The van der Waals surface area contributed by atoms with Gasteiger partial charge in [0, 0.05) is 22.7 Å². The van der Waals surface area contributed by atoms with Crippen LogP contribution in [-0.2, 0) is 0 Å². The molecule has 0 aliphatic carbocycles. The average molecular weight is 235 g/mol. The van der Waals surface area contributed by atoms with Crippen molar-refractivity contribution >= 4 is 28.2 Å². The number of nitrogens with two attached hydrogens (primary N) is 2. The minimum Gasteiger partial charge on any atom is -0.377 e. The molecule has 3 nitrogen and oxygen atoms in total. The number of rotatable bonds is 0. The van der Waals surface area contributed by atoms with Crippen LogP contribution in [0.3, 0.4) is 0 Å². The minimum atomic E-state index is -0.257. The van der Waals surface area contributed by atoms with Gasteiger partial charge in [-0.3, -0.25) is 0 Å². The van der Waals surface area contributed by atoms with Crippen LogP contribution in [0.15, 0.2) is 24.4 Å². The zero-order valence-corrected chi connectivity index (χ0v) is 9.14. The van der Waals surface area contributed by atoms with Gasteiger partial charge < -0.3 is 16.5 Å². The monoisotopic (exact) mass is 235 g/mol. The van der Waals surface area contributed by atoms with Gasteiger partial charge in [-0.15, -0.1) is 6.42 Å². The summed E-state index contributed by atoms with van der Waals surface area (Å²) in [5, 5.41) is 0.888. The maximum absolute atomic E-state index is 12.7. The van der Waals surface area contributed by atoms with Gasteiger partial charge in [0.2, 0.25) is 0 Å². The lowest BCUT2D eigenvalue weighted by Crippen LogP contribution is -2.18. The van der Waals surface area contributed by atoms with Crippen molar-refractivity contribution in [2.24, 2.45) is 11.5 Å². The number of H-pyrrole nitrogens is 1.